The predicted octanol–water partition coefficient (Wildman–Crippen LogP) is 15.5. The van der Waals surface area contributed by atoms with Crippen LogP contribution in [-0.2, 0) is 5.41 Å². The minimum Gasteiger partial charge on any atom is -0.228 e. The maximum absolute atomic E-state index is 5.32. The van der Waals surface area contributed by atoms with E-state index in [1.54, 1.807) is 0 Å². The molecule has 1 aliphatic carbocycles. The molecular formula is C59H38N2S. The zero-order valence-corrected chi connectivity index (χ0v) is 34.6. The molecule has 0 amide bonds. The lowest BCUT2D eigenvalue weighted by Gasteiger charge is -2.33. The molecule has 0 N–H and O–H groups in total. The Hall–Kier alpha value is -7.72. The van der Waals surface area contributed by atoms with Gasteiger partial charge in [-0.2, -0.15) is 0 Å². The first-order valence-corrected chi connectivity index (χ1v) is 22.0. The van der Waals surface area contributed by atoms with E-state index in [4.69, 9.17) is 9.97 Å². The van der Waals surface area contributed by atoms with Crippen LogP contribution in [0, 0.1) is 0 Å². The van der Waals surface area contributed by atoms with Gasteiger partial charge in [-0.15, -0.1) is 11.3 Å². The van der Waals surface area contributed by atoms with E-state index >= 15 is 0 Å². The highest BCUT2D eigenvalue weighted by Crippen LogP contribution is 2.57. The van der Waals surface area contributed by atoms with Crippen molar-refractivity contribution < 1.29 is 0 Å². The summed E-state index contributed by atoms with van der Waals surface area (Å²) in [5.74, 6) is 0.698. The zero-order valence-electron chi connectivity index (χ0n) is 33.7. The van der Waals surface area contributed by atoms with Crippen molar-refractivity contribution in [3.63, 3.8) is 0 Å². The van der Waals surface area contributed by atoms with Crippen LogP contribution in [0.5, 0.6) is 0 Å². The molecule has 3 heteroatoms. The lowest BCUT2D eigenvalue weighted by molar-refractivity contribution is 0.768. The zero-order chi connectivity index (χ0) is 41.0. The Kier molecular flexibility index (Phi) is 8.62. The van der Waals surface area contributed by atoms with Crippen LogP contribution in [-0.4, -0.2) is 9.97 Å². The first kappa shape index (κ1) is 36.2. The Balaban J connectivity index is 1.00. The second kappa shape index (κ2) is 14.8. The van der Waals surface area contributed by atoms with Crippen LogP contribution in [0.1, 0.15) is 22.3 Å². The SMILES string of the molecule is c1ccc(-c2nc(-c3cccc(-c4ccc5c(c4)sc4ccccc45)c3)cc(-c3ccccc3-c3ccc4c(c3)-c3ccccc3C4(c3ccccc3)c3ccccc3)n2)cc1. The van der Waals surface area contributed by atoms with Crippen LogP contribution in [0.3, 0.4) is 0 Å². The van der Waals surface area contributed by atoms with E-state index in [1.807, 2.05) is 17.4 Å². The van der Waals surface area contributed by atoms with Gasteiger partial charge in [0.1, 0.15) is 0 Å². The Morgan fingerprint density at radius 3 is 1.66 bits per heavy atom. The van der Waals surface area contributed by atoms with Crippen LogP contribution in [0.15, 0.2) is 231 Å². The van der Waals surface area contributed by atoms with Gasteiger partial charge in [0.25, 0.3) is 0 Å². The number of thiophene rings is 1. The number of rotatable bonds is 7. The fourth-order valence-corrected chi connectivity index (χ4v) is 10.9. The van der Waals surface area contributed by atoms with Crippen LogP contribution >= 0.6 is 11.3 Å². The fraction of sp³-hybridized carbons (Fsp3) is 0.0169. The van der Waals surface area contributed by atoms with Crippen molar-refractivity contribution in [1.82, 2.24) is 9.97 Å². The van der Waals surface area contributed by atoms with Gasteiger partial charge in [-0.1, -0.05) is 200 Å². The molecule has 1 aliphatic rings. The largest absolute Gasteiger partial charge is 0.228 e. The summed E-state index contributed by atoms with van der Waals surface area (Å²) in [4.78, 5) is 10.6. The minimum atomic E-state index is -0.448. The number of fused-ring (bicyclic) bond motifs is 6. The molecule has 0 fully saturated rings. The summed E-state index contributed by atoms with van der Waals surface area (Å²) in [6.45, 7) is 0. The maximum Gasteiger partial charge on any atom is 0.160 e. The average Bonchev–Trinajstić information content (AvgIpc) is 3.88. The van der Waals surface area contributed by atoms with Gasteiger partial charge in [0, 0.05) is 36.9 Å². The highest BCUT2D eigenvalue weighted by atomic mass is 32.1. The molecule has 0 atom stereocenters. The standard InChI is InChI=1S/C59H38N2S/c1-4-17-39(18-5-1)58-60-54(43-20-16-19-40(35-43)41-31-33-50-49-28-13-15-30-56(49)62-57(50)37-41)38-55(61-58)48-27-11-10-25-46(48)42-32-34-53-51(36-42)47-26-12-14-29-52(47)59(53,44-21-6-2-7-22-44)45-23-8-3-9-24-45/h1-38H. The number of nitrogens with zero attached hydrogens (tertiary/aromatic N) is 2. The molecule has 0 saturated heterocycles. The molecule has 290 valence electrons. The van der Waals surface area contributed by atoms with Gasteiger partial charge in [-0.3, -0.25) is 0 Å². The number of hydrogen-bond acceptors (Lipinski definition) is 3. The van der Waals surface area contributed by atoms with Crippen molar-refractivity contribution in [3.8, 4) is 67.3 Å². The predicted molar refractivity (Wildman–Crippen MR) is 259 cm³/mol. The van der Waals surface area contributed by atoms with Crippen molar-refractivity contribution >= 4 is 31.5 Å². The molecule has 2 nitrogen and oxygen atoms in total. The number of hydrogen-bond donors (Lipinski definition) is 0. The third-order valence-corrected chi connectivity index (χ3v) is 13.7. The summed E-state index contributed by atoms with van der Waals surface area (Å²) in [5, 5.41) is 2.61. The summed E-state index contributed by atoms with van der Waals surface area (Å²) in [6, 6.07) is 83.4. The van der Waals surface area contributed by atoms with E-state index < -0.39 is 5.41 Å². The minimum absolute atomic E-state index is 0.448. The van der Waals surface area contributed by atoms with Crippen molar-refractivity contribution in [3.05, 3.63) is 253 Å². The van der Waals surface area contributed by atoms with E-state index in [9.17, 15) is 0 Å². The summed E-state index contributed by atoms with van der Waals surface area (Å²) in [7, 11) is 0. The first-order valence-electron chi connectivity index (χ1n) is 21.1. The molecule has 11 aromatic rings. The van der Waals surface area contributed by atoms with E-state index in [0.29, 0.717) is 5.82 Å². The summed E-state index contributed by atoms with van der Waals surface area (Å²) in [6.07, 6.45) is 0. The van der Waals surface area contributed by atoms with Crippen LogP contribution in [0.2, 0.25) is 0 Å². The third-order valence-electron chi connectivity index (χ3n) is 12.6. The van der Waals surface area contributed by atoms with E-state index in [0.717, 1.165) is 44.8 Å². The van der Waals surface area contributed by atoms with Gasteiger partial charge in [0.15, 0.2) is 5.82 Å². The Labute approximate surface area is 365 Å². The molecule has 2 aromatic heterocycles. The number of benzene rings is 9. The topological polar surface area (TPSA) is 25.8 Å². The highest BCUT2D eigenvalue weighted by Gasteiger charge is 2.46. The molecule has 2 heterocycles. The summed E-state index contributed by atoms with van der Waals surface area (Å²) >= 11 is 1.85. The maximum atomic E-state index is 5.32. The van der Waals surface area contributed by atoms with Crippen molar-refractivity contribution in [2.75, 3.05) is 0 Å². The van der Waals surface area contributed by atoms with Crippen molar-refractivity contribution in [2.45, 2.75) is 5.41 Å². The van der Waals surface area contributed by atoms with Gasteiger partial charge in [0.05, 0.1) is 16.8 Å². The Morgan fingerprint density at radius 2 is 0.871 bits per heavy atom. The Bertz CT molecular complexity index is 3420. The fourth-order valence-electron chi connectivity index (χ4n) is 9.79. The first-order chi connectivity index (χ1) is 30.7. The molecule has 0 bridgehead atoms. The lowest BCUT2D eigenvalue weighted by atomic mass is 9.67. The van der Waals surface area contributed by atoms with Crippen molar-refractivity contribution in [2.24, 2.45) is 0 Å². The monoisotopic (exact) mass is 806 g/mol. The Morgan fingerprint density at radius 1 is 0.306 bits per heavy atom. The van der Waals surface area contributed by atoms with Gasteiger partial charge in [-0.25, -0.2) is 9.97 Å². The summed E-state index contributed by atoms with van der Waals surface area (Å²) in [5.41, 5.74) is 16.6. The van der Waals surface area contributed by atoms with Crippen molar-refractivity contribution in [1.29, 1.82) is 0 Å². The van der Waals surface area contributed by atoms with E-state index in [1.165, 1.54) is 59.1 Å². The smallest absolute Gasteiger partial charge is 0.160 e. The van der Waals surface area contributed by atoms with E-state index in [2.05, 4.69) is 224 Å². The molecule has 0 saturated carbocycles. The molecule has 0 aliphatic heterocycles. The quantitative estimate of drug-likeness (QED) is 0.160. The molecular weight excluding hydrogens is 769 g/mol. The third kappa shape index (κ3) is 5.85. The van der Waals surface area contributed by atoms with Gasteiger partial charge in [-0.05, 0) is 86.0 Å². The molecule has 12 rings (SSSR count). The van der Waals surface area contributed by atoms with Crippen LogP contribution in [0.25, 0.3) is 87.5 Å². The second-order valence-electron chi connectivity index (χ2n) is 16.1. The van der Waals surface area contributed by atoms with E-state index in [-0.39, 0.29) is 0 Å². The molecule has 62 heavy (non-hydrogen) atoms. The lowest BCUT2D eigenvalue weighted by Crippen LogP contribution is -2.28. The molecule has 0 radical (unpaired) electrons. The molecule has 0 unspecified atom stereocenters. The number of aromatic nitrogens is 2. The average molecular weight is 807 g/mol. The normalized spacial score (nSPS) is 12.6. The van der Waals surface area contributed by atoms with Gasteiger partial charge >= 0.3 is 0 Å². The highest BCUT2D eigenvalue weighted by molar-refractivity contribution is 7.25. The van der Waals surface area contributed by atoms with Gasteiger partial charge in [0.2, 0.25) is 0 Å². The van der Waals surface area contributed by atoms with Crippen LogP contribution in [0.4, 0.5) is 0 Å². The second-order valence-corrected chi connectivity index (χ2v) is 17.1. The van der Waals surface area contributed by atoms with Crippen LogP contribution < -0.4 is 0 Å². The summed E-state index contributed by atoms with van der Waals surface area (Å²) < 4.78 is 2.61. The molecule has 0 spiro atoms. The van der Waals surface area contributed by atoms with Gasteiger partial charge < -0.3 is 0 Å². The molecule has 9 aromatic carbocycles.